The van der Waals surface area contributed by atoms with E-state index in [2.05, 4.69) is 16.6 Å². The van der Waals surface area contributed by atoms with Crippen LogP contribution in [-0.4, -0.2) is 36.7 Å². The van der Waals surface area contributed by atoms with E-state index in [0.717, 1.165) is 0 Å². The van der Waals surface area contributed by atoms with Crippen LogP contribution >= 0.6 is 0 Å². The van der Waals surface area contributed by atoms with Gasteiger partial charge in [-0.2, -0.15) is 0 Å². The van der Waals surface area contributed by atoms with E-state index >= 15 is 0 Å². The zero-order valence-electron chi connectivity index (χ0n) is 7.45. The Bertz CT molecular complexity index is 202. The number of methoxy groups -OCH3 is 1. The van der Waals surface area contributed by atoms with Gasteiger partial charge in [-0.15, -0.1) is 6.58 Å². The highest BCUT2D eigenvalue weighted by Crippen LogP contribution is 1.95. The van der Waals surface area contributed by atoms with Crippen LogP contribution in [0.2, 0.25) is 0 Å². The molecular formula is C8H13NO4. The summed E-state index contributed by atoms with van der Waals surface area (Å²) in [7, 11) is 1.23. The maximum Gasteiger partial charge on any atom is 0.328 e. The lowest BCUT2D eigenvalue weighted by Gasteiger charge is -2.13. The van der Waals surface area contributed by atoms with Crippen LogP contribution in [0.3, 0.4) is 0 Å². The Hall–Kier alpha value is -1.36. The van der Waals surface area contributed by atoms with E-state index in [-0.39, 0.29) is 6.42 Å². The fourth-order valence-corrected chi connectivity index (χ4v) is 0.763. The largest absolute Gasteiger partial charge is 0.467 e. The van der Waals surface area contributed by atoms with Crippen molar-refractivity contribution < 1.29 is 19.4 Å². The number of aliphatic hydroxyl groups is 1. The van der Waals surface area contributed by atoms with Gasteiger partial charge in [0.15, 0.2) is 0 Å². The van der Waals surface area contributed by atoms with Crippen LogP contribution in [-0.2, 0) is 14.3 Å². The number of aliphatic hydroxyl groups excluding tert-OH is 1. The van der Waals surface area contributed by atoms with E-state index in [4.69, 9.17) is 5.11 Å². The lowest BCUT2D eigenvalue weighted by atomic mass is 10.2. The molecule has 0 heterocycles. The topological polar surface area (TPSA) is 75.6 Å². The molecule has 0 bridgehead atoms. The van der Waals surface area contributed by atoms with Gasteiger partial charge in [-0.3, -0.25) is 4.79 Å². The van der Waals surface area contributed by atoms with Gasteiger partial charge in [0.2, 0.25) is 5.91 Å². The van der Waals surface area contributed by atoms with Crippen molar-refractivity contribution in [3.63, 3.8) is 0 Å². The zero-order valence-corrected chi connectivity index (χ0v) is 7.45. The first-order valence-electron chi connectivity index (χ1n) is 3.74. The number of hydrogen-bond acceptors (Lipinski definition) is 4. The monoisotopic (exact) mass is 187 g/mol. The van der Waals surface area contributed by atoms with Crippen molar-refractivity contribution in [2.24, 2.45) is 0 Å². The standard InChI is InChI=1S/C8H13NO4/c1-3-4-6(8(12)13-2)9-7(11)5-10/h3,6,10H,1,4-5H2,2H3,(H,9,11)/t6-/m1/s1. The molecule has 0 aromatic heterocycles. The summed E-state index contributed by atoms with van der Waals surface area (Å²) in [6.45, 7) is 2.78. The lowest BCUT2D eigenvalue weighted by molar-refractivity contribution is -0.145. The minimum absolute atomic E-state index is 0.276. The number of ether oxygens (including phenoxy) is 1. The van der Waals surface area contributed by atoms with Crippen LogP contribution in [0.25, 0.3) is 0 Å². The summed E-state index contributed by atoms with van der Waals surface area (Å²) in [5.74, 6) is -1.17. The highest BCUT2D eigenvalue weighted by atomic mass is 16.5. The molecule has 13 heavy (non-hydrogen) atoms. The second-order valence-corrected chi connectivity index (χ2v) is 2.33. The van der Waals surface area contributed by atoms with Crippen molar-refractivity contribution in [1.82, 2.24) is 5.32 Å². The van der Waals surface area contributed by atoms with Gasteiger partial charge in [-0.25, -0.2) is 4.79 Å². The second kappa shape index (κ2) is 6.19. The molecule has 5 nitrogen and oxygen atoms in total. The fourth-order valence-electron chi connectivity index (χ4n) is 0.763. The number of carbonyl (C=O) groups excluding carboxylic acids is 2. The molecule has 1 amide bonds. The van der Waals surface area contributed by atoms with Crippen LogP contribution in [0.15, 0.2) is 12.7 Å². The van der Waals surface area contributed by atoms with Crippen molar-refractivity contribution in [2.75, 3.05) is 13.7 Å². The molecule has 2 N–H and O–H groups in total. The molecule has 5 heteroatoms. The summed E-state index contributed by atoms with van der Waals surface area (Å²) in [6.07, 6.45) is 1.76. The van der Waals surface area contributed by atoms with Crippen LogP contribution < -0.4 is 5.32 Å². The average molecular weight is 187 g/mol. The third kappa shape index (κ3) is 4.27. The number of nitrogens with one attached hydrogen (secondary N) is 1. The van der Waals surface area contributed by atoms with E-state index in [9.17, 15) is 9.59 Å². The summed E-state index contributed by atoms with van der Waals surface area (Å²) in [4.78, 5) is 21.7. The van der Waals surface area contributed by atoms with Crippen molar-refractivity contribution in [3.05, 3.63) is 12.7 Å². The summed E-state index contributed by atoms with van der Waals surface area (Å²) < 4.78 is 4.43. The Labute approximate surface area is 76.4 Å². The SMILES string of the molecule is C=CC[C@@H](NC(=O)CO)C(=O)OC. The molecule has 0 aliphatic heterocycles. The van der Waals surface area contributed by atoms with E-state index in [0.29, 0.717) is 0 Å². The quantitative estimate of drug-likeness (QED) is 0.437. The summed E-state index contributed by atoms with van der Waals surface area (Å²) in [5, 5.41) is 10.7. The fraction of sp³-hybridized carbons (Fsp3) is 0.500. The molecule has 1 atom stereocenters. The number of hydrogen-bond donors (Lipinski definition) is 2. The maximum absolute atomic E-state index is 11.0. The Morgan fingerprint density at radius 2 is 2.31 bits per heavy atom. The Morgan fingerprint density at radius 3 is 2.69 bits per heavy atom. The van der Waals surface area contributed by atoms with Gasteiger partial charge in [0, 0.05) is 0 Å². The van der Waals surface area contributed by atoms with E-state index in [1.54, 1.807) is 0 Å². The number of carbonyl (C=O) groups is 2. The van der Waals surface area contributed by atoms with Crippen LogP contribution in [0.1, 0.15) is 6.42 Å². The van der Waals surface area contributed by atoms with Gasteiger partial charge in [0.25, 0.3) is 0 Å². The first-order valence-corrected chi connectivity index (χ1v) is 3.74. The molecule has 74 valence electrons. The van der Waals surface area contributed by atoms with Gasteiger partial charge in [-0.1, -0.05) is 6.08 Å². The van der Waals surface area contributed by atoms with Crippen molar-refractivity contribution >= 4 is 11.9 Å². The Balaban J connectivity index is 4.16. The number of rotatable bonds is 5. The molecule has 0 spiro atoms. The van der Waals surface area contributed by atoms with E-state index < -0.39 is 24.5 Å². The molecule has 0 aliphatic rings. The molecule has 0 aliphatic carbocycles. The van der Waals surface area contributed by atoms with Crippen LogP contribution in [0.5, 0.6) is 0 Å². The maximum atomic E-state index is 11.0. The number of amides is 1. The number of esters is 1. The summed E-state index contributed by atoms with van der Waals surface area (Å²) in [5.41, 5.74) is 0. The molecule has 0 unspecified atom stereocenters. The molecular weight excluding hydrogens is 174 g/mol. The molecule has 0 aromatic rings. The van der Waals surface area contributed by atoms with Gasteiger partial charge in [0.05, 0.1) is 7.11 Å². The summed E-state index contributed by atoms with van der Waals surface area (Å²) >= 11 is 0. The first kappa shape index (κ1) is 11.6. The molecule has 0 aromatic carbocycles. The predicted molar refractivity (Wildman–Crippen MR) is 45.8 cm³/mol. The van der Waals surface area contributed by atoms with E-state index in [1.165, 1.54) is 13.2 Å². The van der Waals surface area contributed by atoms with Crippen molar-refractivity contribution in [2.45, 2.75) is 12.5 Å². The van der Waals surface area contributed by atoms with Gasteiger partial charge >= 0.3 is 5.97 Å². The highest BCUT2D eigenvalue weighted by molar-refractivity contribution is 5.84. The smallest absolute Gasteiger partial charge is 0.328 e. The Morgan fingerprint density at radius 1 is 1.69 bits per heavy atom. The average Bonchev–Trinajstić information content (AvgIpc) is 2.15. The third-order valence-corrected chi connectivity index (χ3v) is 1.37. The molecule has 0 radical (unpaired) electrons. The van der Waals surface area contributed by atoms with Crippen molar-refractivity contribution in [1.29, 1.82) is 0 Å². The third-order valence-electron chi connectivity index (χ3n) is 1.37. The van der Waals surface area contributed by atoms with Gasteiger partial charge in [0.1, 0.15) is 12.6 Å². The molecule has 0 saturated heterocycles. The lowest BCUT2D eigenvalue weighted by Crippen LogP contribution is -2.42. The predicted octanol–water partition coefficient (Wildman–Crippen LogP) is -0.787. The van der Waals surface area contributed by atoms with Gasteiger partial charge < -0.3 is 15.2 Å². The van der Waals surface area contributed by atoms with Crippen LogP contribution in [0.4, 0.5) is 0 Å². The molecule has 0 rings (SSSR count). The minimum Gasteiger partial charge on any atom is -0.467 e. The van der Waals surface area contributed by atoms with Gasteiger partial charge in [-0.05, 0) is 6.42 Å². The first-order chi connectivity index (χ1) is 6.15. The zero-order chi connectivity index (χ0) is 10.3. The minimum atomic E-state index is -0.762. The highest BCUT2D eigenvalue weighted by Gasteiger charge is 2.18. The van der Waals surface area contributed by atoms with Crippen molar-refractivity contribution in [3.8, 4) is 0 Å². The van der Waals surface area contributed by atoms with Crippen LogP contribution in [0, 0.1) is 0 Å². The normalized spacial score (nSPS) is 11.5. The second-order valence-electron chi connectivity index (χ2n) is 2.33. The molecule has 0 fully saturated rings. The Kier molecular flexibility index (Phi) is 5.54. The molecule has 0 saturated carbocycles. The van der Waals surface area contributed by atoms with E-state index in [1.807, 2.05) is 0 Å². The summed E-state index contributed by atoms with van der Waals surface area (Å²) in [6, 6.07) is -0.762.